The number of likely N-dealkylation sites (tertiary alicyclic amines) is 1. The van der Waals surface area contributed by atoms with Gasteiger partial charge in [-0.3, -0.25) is 0 Å². The van der Waals surface area contributed by atoms with Crippen molar-refractivity contribution in [2.24, 2.45) is 5.73 Å². The molecule has 1 saturated heterocycles. The van der Waals surface area contributed by atoms with Crippen LogP contribution in [0, 0.1) is 0 Å². The maximum atomic E-state index is 6.26. The van der Waals surface area contributed by atoms with Crippen molar-refractivity contribution >= 4 is 0 Å². The van der Waals surface area contributed by atoms with Gasteiger partial charge in [0.2, 0.25) is 0 Å². The number of rotatable bonds is 1. The van der Waals surface area contributed by atoms with Gasteiger partial charge in [0.05, 0.1) is 0 Å². The first-order valence-corrected chi connectivity index (χ1v) is 4.71. The van der Waals surface area contributed by atoms with E-state index in [-0.39, 0.29) is 5.54 Å². The lowest BCUT2D eigenvalue weighted by Crippen LogP contribution is -2.59. The third-order valence-corrected chi connectivity index (χ3v) is 3.47. The van der Waals surface area contributed by atoms with Gasteiger partial charge < -0.3 is 10.6 Å². The average molecular weight is 154 g/mol. The number of hydrogen-bond donors (Lipinski definition) is 1. The van der Waals surface area contributed by atoms with Crippen molar-refractivity contribution in [3.63, 3.8) is 0 Å². The maximum Gasteiger partial charge on any atom is 0.0312 e. The van der Waals surface area contributed by atoms with Crippen molar-refractivity contribution < 1.29 is 0 Å². The van der Waals surface area contributed by atoms with Crippen LogP contribution in [0.1, 0.15) is 32.1 Å². The molecule has 1 heterocycles. The van der Waals surface area contributed by atoms with Crippen LogP contribution in [0.25, 0.3) is 0 Å². The molecule has 1 aliphatic heterocycles. The molecule has 0 aromatic rings. The zero-order chi connectivity index (χ0) is 7.90. The van der Waals surface area contributed by atoms with E-state index in [0.717, 1.165) is 0 Å². The molecule has 1 aliphatic carbocycles. The van der Waals surface area contributed by atoms with Gasteiger partial charge in [0.15, 0.2) is 0 Å². The molecule has 2 nitrogen and oxygen atoms in total. The van der Waals surface area contributed by atoms with Gasteiger partial charge in [-0.05, 0) is 45.7 Å². The second kappa shape index (κ2) is 2.46. The predicted molar refractivity (Wildman–Crippen MR) is 46.4 cm³/mol. The highest BCUT2D eigenvalue weighted by atomic mass is 15.2. The fraction of sp³-hybridized carbons (Fsp3) is 1.00. The number of likely N-dealkylation sites (N-methyl/N-ethyl adjacent to an activating group) is 1. The Morgan fingerprint density at radius 1 is 1.36 bits per heavy atom. The fourth-order valence-corrected chi connectivity index (χ4v) is 2.55. The second-order valence-electron chi connectivity index (χ2n) is 4.23. The predicted octanol–water partition coefficient (Wildman–Crippen LogP) is 0.962. The summed E-state index contributed by atoms with van der Waals surface area (Å²) >= 11 is 0. The van der Waals surface area contributed by atoms with E-state index in [1.165, 1.54) is 38.6 Å². The van der Waals surface area contributed by atoms with Crippen molar-refractivity contribution in [1.29, 1.82) is 0 Å². The zero-order valence-electron chi connectivity index (χ0n) is 7.34. The minimum atomic E-state index is 0.200. The first-order valence-electron chi connectivity index (χ1n) is 4.71. The van der Waals surface area contributed by atoms with Crippen molar-refractivity contribution in [1.82, 2.24) is 4.90 Å². The van der Waals surface area contributed by atoms with Gasteiger partial charge >= 0.3 is 0 Å². The average Bonchev–Trinajstić information content (AvgIpc) is 2.30. The Morgan fingerprint density at radius 2 is 2.09 bits per heavy atom. The van der Waals surface area contributed by atoms with Crippen LogP contribution in [0.2, 0.25) is 0 Å². The molecule has 0 radical (unpaired) electrons. The largest absolute Gasteiger partial charge is 0.324 e. The summed E-state index contributed by atoms with van der Waals surface area (Å²) in [4.78, 5) is 2.44. The Bertz CT molecular complexity index is 152. The number of hydrogen-bond acceptors (Lipinski definition) is 2. The molecule has 0 bridgehead atoms. The van der Waals surface area contributed by atoms with Gasteiger partial charge in [-0.15, -0.1) is 0 Å². The van der Waals surface area contributed by atoms with Crippen LogP contribution in [0.5, 0.6) is 0 Å². The molecular weight excluding hydrogens is 136 g/mol. The molecule has 2 heteroatoms. The van der Waals surface area contributed by atoms with Crippen molar-refractivity contribution in [2.45, 2.75) is 43.7 Å². The Morgan fingerprint density at radius 3 is 2.45 bits per heavy atom. The van der Waals surface area contributed by atoms with E-state index in [4.69, 9.17) is 5.73 Å². The summed E-state index contributed by atoms with van der Waals surface area (Å²) in [5.41, 5.74) is 6.46. The molecule has 2 fully saturated rings. The molecule has 2 aliphatic rings. The van der Waals surface area contributed by atoms with E-state index in [1.807, 2.05) is 0 Å². The van der Waals surface area contributed by atoms with Gasteiger partial charge in [-0.2, -0.15) is 0 Å². The highest BCUT2D eigenvalue weighted by molar-refractivity contribution is 5.04. The van der Waals surface area contributed by atoms with E-state index in [0.29, 0.717) is 6.04 Å². The molecule has 64 valence electrons. The Labute approximate surface area is 68.7 Å². The van der Waals surface area contributed by atoms with E-state index < -0.39 is 0 Å². The summed E-state index contributed by atoms with van der Waals surface area (Å²) in [6.45, 7) is 1.25. The normalized spacial score (nSPS) is 37.1. The Hall–Kier alpha value is -0.0800. The zero-order valence-corrected chi connectivity index (χ0v) is 7.34. The van der Waals surface area contributed by atoms with Crippen LogP contribution in [-0.2, 0) is 0 Å². The topological polar surface area (TPSA) is 29.3 Å². The van der Waals surface area contributed by atoms with Crippen molar-refractivity contribution in [3.8, 4) is 0 Å². The molecular formula is C9H18N2. The first-order chi connectivity index (χ1) is 5.22. The minimum Gasteiger partial charge on any atom is -0.324 e. The maximum absolute atomic E-state index is 6.26. The van der Waals surface area contributed by atoms with E-state index in [2.05, 4.69) is 11.9 Å². The van der Waals surface area contributed by atoms with Crippen molar-refractivity contribution in [2.75, 3.05) is 13.6 Å². The highest BCUT2D eigenvalue weighted by Gasteiger charge is 2.43. The summed E-state index contributed by atoms with van der Waals surface area (Å²) in [5.74, 6) is 0. The lowest BCUT2D eigenvalue weighted by Gasteiger charge is -2.45. The standard InChI is InChI=1S/C9H18N2/c1-11-7-2-4-8(11)9(10)5-3-6-9/h8H,2-7,10H2,1H3. The molecule has 1 atom stereocenters. The number of nitrogens with zero attached hydrogens (tertiary/aromatic N) is 1. The van der Waals surface area contributed by atoms with Gasteiger partial charge in [0.1, 0.15) is 0 Å². The second-order valence-corrected chi connectivity index (χ2v) is 4.23. The van der Waals surface area contributed by atoms with Crippen LogP contribution in [-0.4, -0.2) is 30.1 Å². The van der Waals surface area contributed by atoms with Gasteiger partial charge in [-0.25, -0.2) is 0 Å². The molecule has 0 spiro atoms. The van der Waals surface area contributed by atoms with Crippen molar-refractivity contribution in [3.05, 3.63) is 0 Å². The molecule has 0 aromatic heterocycles. The quantitative estimate of drug-likeness (QED) is 0.609. The fourth-order valence-electron chi connectivity index (χ4n) is 2.55. The summed E-state index contributed by atoms with van der Waals surface area (Å²) in [6, 6.07) is 0.691. The summed E-state index contributed by atoms with van der Waals surface area (Å²) < 4.78 is 0. The Kier molecular flexibility index (Phi) is 1.69. The van der Waals surface area contributed by atoms with Crippen LogP contribution in [0.15, 0.2) is 0 Å². The lowest BCUT2D eigenvalue weighted by atomic mass is 9.71. The third kappa shape index (κ3) is 1.09. The van der Waals surface area contributed by atoms with Gasteiger partial charge in [0.25, 0.3) is 0 Å². The van der Waals surface area contributed by atoms with E-state index in [1.54, 1.807) is 0 Å². The monoisotopic (exact) mass is 154 g/mol. The lowest BCUT2D eigenvalue weighted by molar-refractivity contribution is 0.116. The van der Waals surface area contributed by atoms with Crippen LogP contribution < -0.4 is 5.73 Å². The minimum absolute atomic E-state index is 0.200. The summed E-state index contributed by atoms with van der Waals surface area (Å²) in [5, 5.41) is 0. The van der Waals surface area contributed by atoms with Crippen LogP contribution in [0.3, 0.4) is 0 Å². The van der Waals surface area contributed by atoms with Crippen LogP contribution in [0.4, 0.5) is 0 Å². The SMILES string of the molecule is CN1CCCC1C1(N)CCC1. The number of nitrogens with two attached hydrogens (primary N) is 1. The molecule has 1 unspecified atom stereocenters. The van der Waals surface area contributed by atoms with E-state index in [9.17, 15) is 0 Å². The molecule has 0 aromatic carbocycles. The molecule has 1 saturated carbocycles. The van der Waals surface area contributed by atoms with Crippen LogP contribution >= 0.6 is 0 Å². The third-order valence-electron chi connectivity index (χ3n) is 3.47. The van der Waals surface area contributed by atoms with E-state index >= 15 is 0 Å². The Balaban J connectivity index is 2.02. The summed E-state index contributed by atoms with van der Waals surface area (Å²) in [6.07, 6.45) is 6.53. The molecule has 2 rings (SSSR count). The molecule has 0 amide bonds. The first kappa shape index (κ1) is 7.56. The summed E-state index contributed by atoms with van der Waals surface area (Å²) in [7, 11) is 2.21. The highest BCUT2D eigenvalue weighted by Crippen LogP contribution is 2.38. The molecule has 2 N–H and O–H groups in total. The smallest absolute Gasteiger partial charge is 0.0312 e. The van der Waals surface area contributed by atoms with Gasteiger partial charge in [0, 0.05) is 11.6 Å². The van der Waals surface area contributed by atoms with Gasteiger partial charge in [-0.1, -0.05) is 0 Å². The molecule has 11 heavy (non-hydrogen) atoms.